The number of ether oxygens (including phenoxy) is 1. The van der Waals surface area contributed by atoms with Crippen LogP contribution in [0.25, 0.3) is 0 Å². The SMILES string of the molecule is Cc1ccc(C(=O)OCCC(C)C)s1. The molecule has 14 heavy (non-hydrogen) atoms. The van der Waals surface area contributed by atoms with Gasteiger partial charge in [0, 0.05) is 4.88 Å². The summed E-state index contributed by atoms with van der Waals surface area (Å²) >= 11 is 1.48. The van der Waals surface area contributed by atoms with Crippen LogP contribution in [-0.2, 0) is 4.74 Å². The lowest BCUT2D eigenvalue weighted by atomic mass is 10.1. The molecule has 0 bridgehead atoms. The Balaban J connectivity index is 2.36. The van der Waals surface area contributed by atoms with Gasteiger partial charge in [0.2, 0.25) is 0 Å². The molecule has 1 rings (SSSR count). The molecule has 0 fully saturated rings. The number of carbonyl (C=O) groups is 1. The van der Waals surface area contributed by atoms with Crippen LogP contribution in [0.15, 0.2) is 12.1 Å². The van der Waals surface area contributed by atoms with Crippen molar-refractivity contribution in [3.8, 4) is 0 Å². The normalized spacial score (nSPS) is 10.6. The fraction of sp³-hybridized carbons (Fsp3) is 0.545. The van der Waals surface area contributed by atoms with Gasteiger partial charge in [0.05, 0.1) is 6.61 Å². The summed E-state index contributed by atoms with van der Waals surface area (Å²) in [5.74, 6) is 0.386. The molecule has 0 unspecified atom stereocenters. The van der Waals surface area contributed by atoms with Gasteiger partial charge in [0.1, 0.15) is 4.88 Å². The third kappa shape index (κ3) is 3.50. The minimum atomic E-state index is -0.191. The molecule has 1 aromatic rings. The lowest BCUT2D eigenvalue weighted by Gasteiger charge is -2.04. The molecule has 0 spiro atoms. The predicted octanol–water partition coefficient (Wildman–Crippen LogP) is 3.26. The fourth-order valence-electron chi connectivity index (χ4n) is 1.00. The highest BCUT2D eigenvalue weighted by molar-refractivity contribution is 7.13. The Bertz CT molecular complexity index is 302. The number of hydrogen-bond donors (Lipinski definition) is 0. The first-order chi connectivity index (χ1) is 6.59. The molecule has 2 nitrogen and oxygen atoms in total. The smallest absolute Gasteiger partial charge is 0.348 e. The van der Waals surface area contributed by atoms with E-state index in [2.05, 4.69) is 13.8 Å². The maximum atomic E-state index is 11.4. The highest BCUT2D eigenvalue weighted by Crippen LogP contribution is 2.16. The first kappa shape index (κ1) is 11.2. The van der Waals surface area contributed by atoms with Gasteiger partial charge >= 0.3 is 5.97 Å². The Kier molecular flexibility index (Phi) is 4.14. The summed E-state index contributed by atoms with van der Waals surface area (Å²) in [6, 6.07) is 3.75. The Labute approximate surface area is 88.9 Å². The summed E-state index contributed by atoms with van der Waals surface area (Å²) in [6.07, 6.45) is 0.927. The average Bonchev–Trinajstić information content (AvgIpc) is 2.51. The molecule has 78 valence electrons. The summed E-state index contributed by atoms with van der Waals surface area (Å²) in [4.78, 5) is 13.3. The van der Waals surface area contributed by atoms with Gasteiger partial charge in [-0.15, -0.1) is 11.3 Å². The monoisotopic (exact) mass is 212 g/mol. The van der Waals surface area contributed by atoms with Crippen LogP contribution in [0.1, 0.15) is 34.8 Å². The molecule has 3 heteroatoms. The number of esters is 1. The minimum absolute atomic E-state index is 0.191. The lowest BCUT2D eigenvalue weighted by Crippen LogP contribution is -2.06. The second-order valence-electron chi connectivity index (χ2n) is 3.73. The topological polar surface area (TPSA) is 26.3 Å². The second-order valence-corrected chi connectivity index (χ2v) is 5.02. The second kappa shape index (κ2) is 5.15. The van der Waals surface area contributed by atoms with Gasteiger partial charge in [-0.3, -0.25) is 0 Å². The van der Waals surface area contributed by atoms with Gasteiger partial charge in [-0.25, -0.2) is 4.79 Å². The first-order valence-electron chi connectivity index (χ1n) is 4.83. The predicted molar refractivity (Wildman–Crippen MR) is 58.8 cm³/mol. The molecule has 0 aliphatic heterocycles. The van der Waals surface area contributed by atoms with Gasteiger partial charge in [-0.2, -0.15) is 0 Å². The van der Waals surface area contributed by atoms with Crippen LogP contribution in [0.5, 0.6) is 0 Å². The van der Waals surface area contributed by atoms with Gasteiger partial charge in [-0.05, 0) is 31.4 Å². The molecule has 0 saturated heterocycles. The molecule has 0 saturated carbocycles. The number of rotatable bonds is 4. The summed E-state index contributed by atoms with van der Waals surface area (Å²) in [5, 5.41) is 0. The van der Waals surface area contributed by atoms with E-state index in [-0.39, 0.29) is 5.97 Å². The Hall–Kier alpha value is -0.830. The van der Waals surface area contributed by atoms with E-state index in [9.17, 15) is 4.79 Å². The summed E-state index contributed by atoms with van der Waals surface area (Å²) in [7, 11) is 0. The van der Waals surface area contributed by atoms with Gasteiger partial charge in [0.25, 0.3) is 0 Å². The fourth-order valence-corrected chi connectivity index (χ4v) is 1.76. The van der Waals surface area contributed by atoms with Crippen molar-refractivity contribution >= 4 is 17.3 Å². The van der Waals surface area contributed by atoms with Crippen LogP contribution in [0, 0.1) is 12.8 Å². The van der Waals surface area contributed by atoms with Crippen LogP contribution in [0.3, 0.4) is 0 Å². The van der Waals surface area contributed by atoms with Crippen molar-refractivity contribution < 1.29 is 9.53 Å². The Morgan fingerprint density at radius 2 is 2.21 bits per heavy atom. The molecule has 1 heterocycles. The molecule has 0 aliphatic carbocycles. The standard InChI is InChI=1S/C11H16O2S/c1-8(2)6-7-13-11(12)10-5-4-9(3)14-10/h4-5,8H,6-7H2,1-3H3. The van der Waals surface area contributed by atoms with Crippen LogP contribution < -0.4 is 0 Å². The van der Waals surface area contributed by atoms with Crippen LogP contribution in [0.4, 0.5) is 0 Å². The molecule has 0 N–H and O–H groups in total. The Morgan fingerprint density at radius 1 is 1.50 bits per heavy atom. The van der Waals surface area contributed by atoms with E-state index in [1.807, 2.05) is 19.1 Å². The van der Waals surface area contributed by atoms with Crippen LogP contribution >= 0.6 is 11.3 Å². The summed E-state index contributed by atoms with van der Waals surface area (Å²) in [5.41, 5.74) is 0. The largest absolute Gasteiger partial charge is 0.461 e. The summed E-state index contributed by atoms with van der Waals surface area (Å²) in [6.45, 7) is 6.73. The molecule has 0 aliphatic rings. The average molecular weight is 212 g/mol. The van der Waals surface area contributed by atoms with Crippen molar-refractivity contribution in [2.45, 2.75) is 27.2 Å². The van der Waals surface area contributed by atoms with Crippen molar-refractivity contribution in [1.29, 1.82) is 0 Å². The van der Waals surface area contributed by atoms with Crippen molar-refractivity contribution in [2.24, 2.45) is 5.92 Å². The van der Waals surface area contributed by atoms with Crippen molar-refractivity contribution in [3.05, 3.63) is 21.9 Å². The maximum Gasteiger partial charge on any atom is 0.348 e. The number of aryl methyl sites for hydroxylation is 1. The zero-order valence-electron chi connectivity index (χ0n) is 8.87. The minimum Gasteiger partial charge on any atom is -0.461 e. The van der Waals surface area contributed by atoms with Crippen LogP contribution in [0.2, 0.25) is 0 Å². The van der Waals surface area contributed by atoms with Crippen molar-refractivity contribution in [2.75, 3.05) is 6.61 Å². The summed E-state index contributed by atoms with van der Waals surface area (Å²) < 4.78 is 5.12. The number of thiophene rings is 1. The molecule has 1 aromatic heterocycles. The molecule has 0 atom stereocenters. The van der Waals surface area contributed by atoms with E-state index < -0.39 is 0 Å². The van der Waals surface area contributed by atoms with E-state index in [0.29, 0.717) is 17.4 Å². The maximum absolute atomic E-state index is 11.4. The van der Waals surface area contributed by atoms with Crippen molar-refractivity contribution in [1.82, 2.24) is 0 Å². The molecular formula is C11H16O2S. The highest BCUT2D eigenvalue weighted by atomic mass is 32.1. The van der Waals surface area contributed by atoms with E-state index in [0.717, 1.165) is 11.3 Å². The molecule has 0 radical (unpaired) electrons. The highest BCUT2D eigenvalue weighted by Gasteiger charge is 2.09. The van der Waals surface area contributed by atoms with E-state index in [1.165, 1.54) is 11.3 Å². The van der Waals surface area contributed by atoms with Gasteiger partial charge in [-0.1, -0.05) is 13.8 Å². The van der Waals surface area contributed by atoms with Gasteiger partial charge < -0.3 is 4.74 Å². The lowest BCUT2D eigenvalue weighted by molar-refractivity contribution is 0.0494. The Morgan fingerprint density at radius 3 is 2.71 bits per heavy atom. The van der Waals surface area contributed by atoms with Crippen LogP contribution in [-0.4, -0.2) is 12.6 Å². The van der Waals surface area contributed by atoms with Crippen molar-refractivity contribution in [3.63, 3.8) is 0 Å². The zero-order chi connectivity index (χ0) is 10.6. The third-order valence-electron chi connectivity index (χ3n) is 1.87. The third-order valence-corrected chi connectivity index (χ3v) is 2.85. The number of carbonyl (C=O) groups excluding carboxylic acids is 1. The first-order valence-corrected chi connectivity index (χ1v) is 5.65. The zero-order valence-corrected chi connectivity index (χ0v) is 9.69. The van der Waals surface area contributed by atoms with Gasteiger partial charge in [0.15, 0.2) is 0 Å². The van der Waals surface area contributed by atoms with E-state index in [4.69, 9.17) is 4.74 Å². The molecule has 0 aromatic carbocycles. The molecule has 0 amide bonds. The number of hydrogen-bond acceptors (Lipinski definition) is 3. The van der Waals surface area contributed by atoms with E-state index >= 15 is 0 Å². The van der Waals surface area contributed by atoms with E-state index in [1.54, 1.807) is 0 Å². The quantitative estimate of drug-likeness (QED) is 0.716. The molecular weight excluding hydrogens is 196 g/mol.